The Hall–Kier alpha value is -4.35. The number of aromatic amines is 1. The Bertz CT molecular complexity index is 1870. The first-order valence-electron chi connectivity index (χ1n) is 13.2. The first-order valence-corrected chi connectivity index (χ1v) is 14.6. The highest BCUT2D eigenvalue weighted by atomic mass is 35.5. The van der Waals surface area contributed by atoms with Crippen molar-refractivity contribution < 1.29 is 14.3 Å². The number of thioether (sulfide) groups is 1. The fourth-order valence-corrected chi connectivity index (χ4v) is 5.74. The lowest BCUT2D eigenvalue weighted by molar-refractivity contribution is -0.114. The normalized spacial score (nSPS) is 11.2. The molecule has 0 saturated heterocycles. The lowest BCUT2D eigenvalue weighted by Crippen LogP contribution is -2.24. The molecule has 0 amide bonds. The molecule has 3 aromatic heterocycles. The third-order valence-electron chi connectivity index (χ3n) is 6.74. The van der Waals surface area contributed by atoms with Crippen LogP contribution in [-0.2, 0) is 10.5 Å². The molecular formula is C30H27ClN6O4S. The number of imidazole rings is 1. The standard InChI is InChI=1S/C30H27ClN6O4S/c1-3-19(38)8-5-4-6-11-23(39)18-12-13-24(41-2)22(14-18)37-25(36-21-10-7-9-20(31)26(21)30(37)40)15-42-29-27-28(33-16-32-27)34-17-35-29/h3,7,9-10,12-14,16-17H,1,4-6,8,11,15H2,2H3,(H,32,33,34,35). The largest absolute Gasteiger partial charge is 0.495 e. The zero-order valence-corrected chi connectivity index (χ0v) is 24.4. The minimum atomic E-state index is -0.384. The molecule has 0 aliphatic rings. The fraction of sp³-hybridized carbons (Fsp3) is 0.233. The maximum absolute atomic E-state index is 14.0. The van der Waals surface area contributed by atoms with E-state index in [1.807, 2.05) is 0 Å². The van der Waals surface area contributed by atoms with E-state index in [1.165, 1.54) is 35.8 Å². The second-order valence-corrected chi connectivity index (χ2v) is 10.8. The van der Waals surface area contributed by atoms with Gasteiger partial charge in [0.05, 0.1) is 40.8 Å². The molecule has 0 unspecified atom stereocenters. The number of fused-ring (bicyclic) bond motifs is 2. The molecule has 0 spiro atoms. The van der Waals surface area contributed by atoms with Gasteiger partial charge in [-0.05, 0) is 49.2 Å². The molecule has 1 N–H and O–H groups in total. The number of carbonyl (C=O) groups is 2. The molecule has 0 aliphatic carbocycles. The molecule has 0 bridgehead atoms. The van der Waals surface area contributed by atoms with Gasteiger partial charge in [-0.25, -0.2) is 19.9 Å². The van der Waals surface area contributed by atoms with Gasteiger partial charge in [0, 0.05) is 18.4 Å². The third-order valence-corrected chi connectivity index (χ3v) is 8.04. The van der Waals surface area contributed by atoms with Crippen LogP contribution < -0.4 is 10.3 Å². The first-order chi connectivity index (χ1) is 20.4. The summed E-state index contributed by atoms with van der Waals surface area (Å²) in [6.07, 6.45) is 7.11. The number of H-pyrrole nitrogens is 1. The maximum atomic E-state index is 14.0. The number of ether oxygens (including phenoxy) is 1. The van der Waals surface area contributed by atoms with E-state index >= 15 is 0 Å². The molecule has 0 atom stereocenters. The van der Waals surface area contributed by atoms with Gasteiger partial charge in [0.2, 0.25) is 0 Å². The quantitative estimate of drug-likeness (QED) is 0.0575. The molecule has 12 heteroatoms. The van der Waals surface area contributed by atoms with Gasteiger partial charge in [-0.3, -0.25) is 19.0 Å². The smallest absolute Gasteiger partial charge is 0.267 e. The molecule has 5 rings (SSSR count). The van der Waals surface area contributed by atoms with Crippen molar-refractivity contribution in [3.05, 3.63) is 88.5 Å². The number of hydrogen-bond acceptors (Lipinski definition) is 9. The number of nitrogens with zero attached hydrogens (tertiary/aromatic N) is 5. The lowest BCUT2D eigenvalue weighted by Gasteiger charge is -2.17. The molecular weight excluding hydrogens is 576 g/mol. The number of nitrogens with one attached hydrogen (secondary N) is 1. The van der Waals surface area contributed by atoms with Crippen LogP contribution in [0.4, 0.5) is 0 Å². The molecule has 42 heavy (non-hydrogen) atoms. The number of rotatable bonds is 13. The van der Waals surface area contributed by atoms with Gasteiger partial charge in [-0.2, -0.15) is 0 Å². The number of methoxy groups -OCH3 is 1. The van der Waals surface area contributed by atoms with Crippen molar-refractivity contribution >= 4 is 57.0 Å². The lowest BCUT2D eigenvalue weighted by atomic mass is 10.0. The van der Waals surface area contributed by atoms with Crippen molar-refractivity contribution in [2.75, 3.05) is 7.11 Å². The Morgan fingerprint density at radius 1 is 1.12 bits per heavy atom. The van der Waals surface area contributed by atoms with Gasteiger partial charge in [0.25, 0.3) is 5.56 Å². The number of ketones is 2. The molecule has 10 nitrogen and oxygen atoms in total. The third kappa shape index (κ3) is 6.12. The Kier molecular flexibility index (Phi) is 9.09. The summed E-state index contributed by atoms with van der Waals surface area (Å²) in [6.45, 7) is 3.48. The topological polar surface area (TPSA) is 133 Å². The predicted molar refractivity (Wildman–Crippen MR) is 163 cm³/mol. The Morgan fingerprint density at radius 2 is 1.95 bits per heavy atom. The Morgan fingerprint density at radius 3 is 2.76 bits per heavy atom. The zero-order valence-electron chi connectivity index (χ0n) is 22.8. The SMILES string of the molecule is C=CC(=O)CCCCCC(=O)c1ccc(OC)c(-n2c(CSc3ncnc4nc[nH]c34)nc3cccc(Cl)c3c2=O)c1. The average Bonchev–Trinajstić information content (AvgIpc) is 3.49. The molecule has 0 saturated carbocycles. The second-order valence-electron chi connectivity index (χ2n) is 9.41. The van der Waals surface area contributed by atoms with E-state index in [1.54, 1.807) is 42.7 Å². The fourth-order valence-electron chi connectivity index (χ4n) is 4.61. The summed E-state index contributed by atoms with van der Waals surface area (Å²) in [5.41, 5.74) is 2.10. The van der Waals surface area contributed by atoms with Crippen LogP contribution >= 0.6 is 23.4 Å². The van der Waals surface area contributed by atoms with Gasteiger partial charge in [0.15, 0.2) is 17.2 Å². The summed E-state index contributed by atoms with van der Waals surface area (Å²) in [5.74, 6) is 0.994. The van der Waals surface area contributed by atoms with E-state index in [2.05, 4.69) is 26.5 Å². The van der Waals surface area contributed by atoms with E-state index in [4.69, 9.17) is 21.3 Å². The van der Waals surface area contributed by atoms with E-state index < -0.39 is 0 Å². The van der Waals surface area contributed by atoms with Crippen molar-refractivity contribution in [2.45, 2.75) is 42.9 Å². The van der Waals surface area contributed by atoms with Crippen molar-refractivity contribution in [1.82, 2.24) is 29.5 Å². The van der Waals surface area contributed by atoms with Crippen LogP contribution in [0.15, 0.2) is 71.5 Å². The molecule has 3 heterocycles. The number of Topliss-reactive ketones (excluding diaryl/α,β-unsaturated/α-hetero) is 1. The average molecular weight is 603 g/mol. The minimum absolute atomic E-state index is 0.00155. The highest BCUT2D eigenvalue weighted by Gasteiger charge is 2.20. The number of aromatic nitrogens is 6. The molecule has 5 aromatic rings. The summed E-state index contributed by atoms with van der Waals surface area (Å²) in [5, 5.41) is 1.18. The van der Waals surface area contributed by atoms with Crippen LogP contribution in [0.1, 0.15) is 48.3 Å². The van der Waals surface area contributed by atoms with Crippen molar-refractivity contribution in [1.29, 1.82) is 0 Å². The van der Waals surface area contributed by atoms with Crippen LogP contribution in [0.25, 0.3) is 27.8 Å². The van der Waals surface area contributed by atoms with Gasteiger partial charge >= 0.3 is 0 Å². The molecule has 2 aromatic carbocycles. The van der Waals surface area contributed by atoms with E-state index in [0.717, 1.165) is 6.42 Å². The molecule has 0 radical (unpaired) electrons. The van der Waals surface area contributed by atoms with Crippen molar-refractivity contribution in [3.8, 4) is 11.4 Å². The molecule has 0 aliphatic heterocycles. The summed E-state index contributed by atoms with van der Waals surface area (Å²) in [4.78, 5) is 59.2. The summed E-state index contributed by atoms with van der Waals surface area (Å²) in [7, 11) is 1.50. The van der Waals surface area contributed by atoms with Crippen LogP contribution in [0.5, 0.6) is 5.75 Å². The van der Waals surface area contributed by atoms with Gasteiger partial charge < -0.3 is 9.72 Å². The van der Waals surface area contributed by atoms with Gasteiger partial charge in [-0.15, -0.1) is 0 Å². The Labute approximate surface area is 250 Å². The monoisotopic (exact) mass is 602 g/mol. The summed E-state index contributed by atoms with van der Waals surface area (Å²) in [6, 6.07) is 10.1. The van der Waals surface area contributed by atoms with Crippen molar-refractivity contribution in [2.24, 2.45) is 0 Å². The number of hydrogen-bond donors (Lipinski definition) is 1. The van der Waals surface area contributed by atoms with Gasteiger partial charge in [-0.1, -0.05) is 42.4 Å². The first kappa shape index (κ1) is 29.2. The van der Waals surface area contributed by atoms with Crippen molar-refractivity contribution in [3.63, 3.8) is 0 Å². The highest BCUT2D eigenvalue weighted by Crippen LogP contribution is 2.30. The van der Waals surface area contributed by atoms with Gasteiger partial charge in [0.1, 0.15) is 28.4 Å². The summed E-state index contributed by atoms with van der Waals surface area (Å²) >= 11 is 7.83. The highest BCUT2D eigenvalue weighted by molar-refractivity contribution is 7.98. The molecule has 0 fully saturated rings. The Balaban J connectivity index is 1.52. The van der Waals surface area contributed by atoms with Crippen LogP contribution in [0, 0.1) is 0 Å². The van der Waals surface area contributed by atoms with E-state index in [-0.39, 0.29) is 33.3 Å². The predicted octanol–water partition coefficient (Wildman–Crippen LogP) is 5.89. The number of allylic oxidation sites excluding steroid dienone is 1. The zero-order chi connectivity index (χ0) is 29.6. The summed E-state index contributed by atoms with van der Waals surface area (Å²) < 4.78 is 7.08. The molecule has 214 valence electrons. The maximum Gasteiger partial charge on any atom is 0.267 e. The van der Waals surface area contributed by atoms with Crippen LogP contribution in [0.3, 0.4) is 0 Å². The van der Waals surface area contributed by atoms with E-state index in [0.29, 0.717) is 70.2 Å². The number of carbonyl (C=O) groups excluding carboxylic acids is 2. The minimum Gasteiger partial charge on any atom is -0.495 e. The number of halogens is 1. The van der Waals surface area contributed by atoms with E-state index in [9.17, 15) is 14.4 Å². The second kappa shape index (κ2) is 13.1. The van der Waals surface area contributed by atoms with Crippen LogP contribution in [0.2, 0.25) is 5.02 Å². The number of unbranched alkanes of at least 4 members (excludes halogenated alkanes) is 2. The number of benzene rings is 2. The van der Waals surface area contributed by atoms with Crippen LogP contribution in [-0.4, -0.2) is 48.2 Å².